The van der Waals surface area contributed by atoms with E-state index in [2.05, 4.69) is 16.7 Å². The first-order valence-electron chi connectivity index (χ1n) is 11.0. The molecule has 1 unspecified atom stereocenters. The molecule has 3 heterocycles. The average molecular weight is 382 g/mol. The number of carbonyl (C=O) groups excluding carboxylic acids is 1. The van der Waals surface area contributed by atoms with Crippen LogP contribution in [0.2, 0.25) is 0 Å². The molecule has 0 aliphatic carbocycles. The molecule has 27 heavy (non-hydrogen) atoms. The van der Waals surface area contributed by atoms with E-state index in [1.54, 1.807) is 7.11 Å². The van der Waals surface area contributed by atoms with E-state index in [0.717, 1.165) is 38.9 Å². The monoisotopic (exact) mass is 381 g/mol. The number of methoxy groups -OCH3 is 1. The molecule has 6 heteroatoms. The Morgan fingerprint density at radius 1 is 1.15 bits per heavy atom. The summed E-state index contributed by atoms with van der Waals surface area (Å²) in [5.74, 6) is 0.174. The van der Waals surface area contributed by atoms with Crippen LogP contribution in [-0.4, -0.2) is 97.4 Å². The predicted molar refractivity (Wildman–Crippen MR) is 107 cm³/mol. The molecule has 3 saturated heterocycles. The van der Waals surface area contributed by atoms with Crippen LogP contribution in [0.5, 0.6) is 0 Å². The molecule has 0 aromatic rings. The summed E-state index contributed by atoms with van der Waals surface area (Å²) in [5.41, 5.74) is -0.139. The standard InChI is InChI=1S/C21H39N3O3/c1-3-10-22-12-5-18(6-13-22)23-14-7-19(25)21(16-23)9-4-11-24(17-21)20(26)8-15-27-2/h18-19,25H,3-17H2,1-2H3/t19?,21-/m1/s1. The summed E-state index contributed by atoms with van der Waals surface area (Å²) in [6.07, 6.45) is 6.75. The highest BCUT2D eigenvalue weighted by Gasteiger charge is 2.47. The Morgan fingerprint density at radius 2 is 1.93 bits per heavy atom. The number of rotatable bonds is 6. The minimum atomic E-state index is -0.285. The van der Waals surface area contributed by atoms with E-state index < -0.39 is 0 Å². The highest BCUT2D eigenvalue weighted by atomic mass is 16.5. The van der Waals surface area contributed by atoms with Crippen molar-refractivity contribution in [2.75, 3.05) is 59.5 Å². The topological polar surface area (TPSA) is 56.2 Å². The van der Waals surface area contributed by atoms with Crippen molar-refractivity contribution in [2.24, 2.45) is 5.41 Å². The van der Waals surface area contributed by atoms with Crippen molar-refractivity contribution in [1.29, 1.82) is 0 Å². The molecule has 2 atom stereocenters. The number of nitrogens with zero attached hydrogens (tertiary/aromatic N) is 3. The van der Waals surface area contributed by atoms with Gasteiger partial charge in [-0.3, -0.25) is 9.69 Å². The highest BCUT2D eigenvalue weighted by Crippen LogP contribution is 2.40. The number of piperidine rings is 3. The van der Waals surface area contributed by atoms with Gasteiger partial charge in [-0.1, -0.05) is 6.92 Å². The van der Waals surface area contributed by atoms with Crippen molar-refractivity contribution in [3.8, 4) is 0 Å². The van der Waals surface area contributed by atoms with Crippen LogP contribution in [0, 0.1) is 5.41 Å². The van der Waals surface area contributed by atoms with Gasteiger partial charge in [-0.15, -0.1) is 0 Å². The van der Waals surface area contributed by atoms with E-state index in [1.165, 1.54) is 38.9 Å². The van der Waals surface area contributed by atoms with E-state index in [4.69, 9.17) is 4.74 Å². The molecule has 1 spiro atoms. The number of aliphatic hydroxyl groups is 1. The number of likely N-dealkylation sites (tertiary alicyclic amines) is 3. The van der Waals surface area contributed by atoms with E-state index in [9.17, 15) is 9.90 Å². The number of hydrogen-bond acceptors (Lipinski definition) is 5. The lowest BCUT2D eigenvalue weighted by atomic mass is 9.71. The summed E-state index contributed by atoms with van der Waals surface area (Å²) < 4.78 is 5.07. The SMILES string of the molecule is CCCN1CCC(N2CCC(O)[C@]3(CCCN(C(=O)CCOC)C3)C2)CC1. The lowest BCUT2D eigenvalue weighted by molar-refractivity contribution is -0.143. The van der Waals surface area contributed by atoms with Crippen LogP contribution in [0.15, 0.2) is 0 Å². The minimum Gasteiger partial charge on any atom is -0.392 e. The molecular formula is C21H39N3O3. The van der Waals surface area contributed by atoms with Crippen LogP contribution in [-0.2, 0) is 9.53 Å². The van der Waals surface area contributed by atoms with Crippen LogP contribution in [0.1, 0.15) is 51.9 Å². The van der Waals surface area contributed by atoms with Gasteiger partial charge < -0.3 is 19.6 Å². The fourth-order valence-electron chi connectivity index (χ4n) is 5.44. The second kappa shape index (κ2) is 9.68. The molecule has 0 aromatic carbocycles. The van der Waals surface area contributed by atoms with Crippen molar-refractivity contribution in [3.05, 3.63) is 0 Å². The van der Waals surface area contributed by atoms with E-state index in [-0.39, 0.29) is 17.4 Å². The van der Waals surface area contributed by atoms with Crippen molar-refractivity contribution < 1.29 is 14.6 Å². The summed E-state index contributed by atoms with van der Waals surface area (Å²) in [6, 6.07) is 0.641. The van der Waals surface area contributed by atoms with Crippen molar-refractivity contribution in [1.82, 2.24) is 14.7 Å². The van der Waals surface area contributed by atoms with Crippen LogP contribution in [0.3, 0.4) is 0 Å². The van der Waals surface area contributed by atoms with E-state index in [1.807, 2.05) is 4.90 Å². The molecule has 6 nitrogen and oxygen atoms in total. The summed E-state index contributed by atoms with van der Waals surface area (Å²) in [4.78, 5) is 19.7. The van der Waals surface area contributed by atoms with Crippen molar-refractivity contribution in [3.63, 3.8) is 0 Å². The molecule has 0 radical (unpaired) electrons. The minimum absolute atomic E-state index is 0.139. The van der Waals surface area contributed by atoms with Gasteiger partial charge in [0, 0.05) is 44.7 Å². The van der Waals surface area contributed by atoms with Crippen LogP contribution >= 0.6 is 0 Å². The predicted octanol–water partition coefficient (Wildman–Crippen LogP) is 1.57. The van der Waals surface area contributed by atoms with Gasteiger partial charge in [0.2, 0.25) is 5.91 Å². The number of amides is 1. The fraction of sp³-hybridized carbons (Fsp3) is 0.952. The number of hydrogen-bond donors (Lipinski definition) is 1. The molecule has 0 bridgehead atoms. The summed E-state index contributed by atoms with van der Waals surface area (Å²) in [7, 11) is 1.64. The Kier molecular flexibility index (Phi) is 7.54. The lowest BCUT2D eigenvalue weighted by Gasteiger charge is -2.53. The molecule has 1 N–H and O–H groups in total. The average Bonchev–Trinajstić information content (AvgIpc) is 2.69. The highest BCUT2D eigenvalue weighted by molar-refractivity contribution is 5.76. The molecule has 3 aliphatic heterocycles. The van der Waals surface area contributed by atoms with Gasteiger partial charge in [0.05, 0.1) is 19.1 Å². The van der Waals surface area contributed by atoms with Gasteiger partial charge in [0.25, 0.3) is 0 Å². The molecule has 0 saturated carbocycles. The van der Waals surface area contributed by atoms with Crippen molar-refractivity contribution in [2.45, 2.75) is 64.0 Å². The largest absolute Gasteiger partial charge is 0.392 e. The second-order valence-electron chi connectivity index (χ2n) is 8.87. The molecule has 3 aliphatic rings. The Morgan fingerprint density at radius 3 is 2.63 bits per heavy atom. The molecule has 0 aromatic heterocycles. The molecule has 1 amide bonds. The van der Waals surface area contributed by atoms with Gasteiger partial charge in [-0.05, 0) is 58.2 Å². The first-order valence-corrected chi connectivity index (χ1v) is 11.0. The number of aliphatic hydroxyl groups excluding tert-OH is 1. The van der Waals surface area contributed by atoms with E-state index >= 15 is 0 Å². The number of carbonyl (C=O) groups is 1. The van der Waals surface area contributed by atoms with Gasteiger partial charge >= 0.3 is 0 Å². The summed E-state index contributed by atoms with van der Waals surface area (Å²) >= 11 is 0. The van der Waals surface area contributed by atoms with E-state index in [0.29, 0.717) is 25.6 Å². The Labute approximate surface area is 164 Å². The number of ether oxygens (including phenoxy) is 1. The Balaban J connectivity index is 1.60. The van der Waals surface area contributed by atoms with Gasteiger partial charge in [-0.2, -0.15) is 0 Å². The zero-order chi connectivity index (χ0) is 19.3. The Hall–Kier alpha value is -0.690. The van der Waals surface area contributed by atoms with Gasteiger partial charge in [0.15, 0.2) is 0 Å². The molecular weight excluding hydrogens is 342 g/mol. The maximum absolute atomic E-state index is 12.5. The lowest BCUT2D eigenvalue weighted by Crippen LogP contribution is -2.62. The van der Waals surface area contributed by atoms with Gasteiger partial charge in [-0.25, -0.2) is 0 Å². The maximum Gasteiger partial charge on any atom is 0.224 e. The third-order valence-corrected chi connectivity index (χ3v) is 7.01. The quantitative estimate of drug-likeness (QED) is 0.757. The third kappa shape index (κ3) is 5.03. The first kappa shape index (κ1) is 21.0. The summed E-state index contributed by atoms with van der Waals surface area (Å²) in [6.45, 7) is 9.83. The molecule has 3 rings (SSSR count). The van der Waals surface area contributed by atoms with Crippen LogP contribution in [0.4, 0.5) is 0 Å². The zero-order valence-corrected chi connectivity index (χ0v) is 17.4. The zero-order valence-electron chi connectivity index (χ0n) is 17.4. The van der Waals surface area contributed by atoms with Gasteiger partial charge in [0.1, 0.15) is 0 Å². The van der Waals surface area contributed by atoms with Crippen LogP contribution < -0.4 is 0 Å². The second-order valence-corrected chi connectivity index (χ2v) is 8.87. The first-order chi connectivity index (χ1) is 13.1. The summed E-state index contributed by atoms with van der Waals surface area (Å²) in [5, 5.41) is 10.9. The third-order valence-electron chi connectivity index (χ3n) is 7.01. The smallest absolute Gasteiger partial charge is 0.224 e. The van der Waals surface area contributed by atoms with Crippen molar-refractivity contribution >= 4 is 5.91 Å². The molecule has 156 valence electrons. The maximum atomic E-state index is 12.5. The fourth-order valence-corrected chi connectivity index (χ4v) is 5.44. The normalized spacial score (nSPS) is 31.5. The molecule has 3 fully saturated rings. The Bertz CT molecular complexity index is 481. The van der Waals surface area contributed by atoms with Crippen LogP contribution in [0.25, 0.3) is 0 Å².